The summed E-state index contributed by atoms with van der Waals surface area (Å²) in [7, 11) is 1.74. The third kappa shape index (κ3) is 7.93. The van der Waals surface area contributed by atoms with Gasteiger partial charge < -0.3 is 24.4 Å². The molecule has 2 bridgehead atoms. The SMILES string of the molecule is CNS(=O)(=O)NC(=O)[C@@]1(O)CC(=O)N(C)CC/C=C/[C@H](OC)[C@@H]2CC[C@H]2CN(C[C@]2(C)CCCc3cc(Cl)ccc32)c2cc1ccc2OC. The molecule has 5 atom stereocenters. The van der Waals surface area contributed by atoms with Crippen LogP contribution in [-0.2, 0) is 42.0 Å². The second-order valence-electron chi connectivity index (χ2n) is 13.9. The van der Waals surface area contributed by atoms with E-state index in [1.165, 1.54) is 22.1 Å². The molecule has 0 spiro atoms. The number of hydrogen-bond donors (Lipinski definition) is 3. The van der Waals surface area contributed by atoms with Gasteiger partial charge in [0.2, 0.25) is 5.91 Å². The van der Waals surface area contributed by atoms with Gasteiger partial charge in [0.05, 0.1) is 25.3 Å². The monoisotopic (exact) mass is 716 g/mol. The Labute approximate surface area is 295 Å². The summed E-state index contributed by atoms with van der Waals surface area (Å²) >= 11 is 6.42. The molecule has 13 heteroatoms. The molecule has 1 heterocycles. The smallest absolute Gasteiger partial charge is 0.301 e. The molecule has 0 saturated heterocycles. The summed E-state index contributed by atoms with van der Waals surface area (Å²) in [4.78, 5) is 30.9. The van der Waals surface area contributed by atoms with Gasteiger partial charge in [-0.25, -0.2) is 9.44 Å². The van der Waals surface area contributed by atoms with Gasteiger partial charge in [0.15, 0.2) is 5.60 Å². The van der Waals surface area contributed by atoms with Gasteiger partial charge >= 0.3 is 10.2 Å². The Morgan fingerprint density at radius 3 is 2.61 bits per heavy atom. The predicted molar refractivity (Wildman–Crippen MR) is 190 cm³/mol. The lowest BCUT2D eigenvalue weighted by molar-refractivity contribution is -0.148. The van der Waals surface area contributed by atoms with E-state index in [4.69, 9.17) is 21.1 Å². The van der Waals surface area contributed by atoms with Crippen LogP contribution in [0.5, 0.6) is 5.75 Å². The standard InChI is InChI=1S/C36H49ClN4O7S/c1-35(17-8-9-24-19-27(37)13-15-29(24)35)23-41-22-25-11-14-28(25)31(47-4)10-6-7-18-40(3)33(42)21-36(44,34(43)39-49(45,46)38-2)26-12-16-32(48-5)30(41)20-26/h6,10,12-13,15-16,19-20,25,28,31,38,44H,7-9,11,14,17-18,21-23H2,1-5H3,(H,39,43)/b10-6+/t25-,28+,31-,35-,36+/m0/s1. The number of methoxy groups -OCH3 is 2. The number of halogens is 1. The number of nitrogens with zero attached hydrogens (tertiary/aromatic N) is 2. The molecule has 3 aliphatic rings. The minimum atomic E-state index is -4.30. The van der Waals surface area contributed by atoms with Gasteiger partial charge in [-0.1, -0.05) is 42.8 Å². The van der Waals surface area contributed by atoms with Crippen molar-refractivity contribution >= 4 is 39.3 Å². The number of ether oxygens (including phenoxy) is 2. The molecule has 1 fully saturated rings. The maximum atomic E-state index is 13.7. The fraction of sp³-hybridized carbons (Fsp3) is 0.556. The molecule has 5 rings (SSSR count). The van der Waals surface area contributed by atoms with E-state index in [1.54, 1.807) is 33.4 Å². The highest BCUT2D eigenvalue weighted by Crippen LogP contribution is 2.45. The first-order valence-corrected chi connectivity index (χ1v) is 18.7. The third-order valence-corrected chi connectivity index (χ3v) is 11.9. The summed E-state index contributed by atoms with van der Waals surface area (Å²) in [6, 6.07) is 10.9. The first kappa shape index (κ1) is 37.1. The van der Waals surface area contributed by atoms with Crippen molar-refractivity contribution in [3.8, 4) is 5.75 Å². The lowest BCUT2D eigenvalue weighted by atomic mass is 9.68. The number of rotatable bonds is 7. The highest BCUT2D eigenvalue weighted by atomic mass is 35.5. The number of nitrogens with one attached hydrogen (secondary N) is 2. The second-order valence-corrected chi connectivity index (χ2v) is 15.9. The zero-order valence-electron chi connectivity index (χ0n) is 29.0. The molecule has 2 aliphatic carbocycles. The summed E-state index contributed by atoms with van der Waals surface area (Å²) in [6.07, 6.45) is 8.74. The number of benzene rings is 2. The van der Waals surface area contributed by atoms with E-state index >= 15 is 0 Å². The van der Waals surface area contributed by atoms with Crippen LogP contribution in [0.15, 0.2) is 48.6 Å². The van der Waals surface area contributed by atoms with Gasteiger partial charge in [0.25, 0.3) is 5.91 Å². The number of fused-ring (bicyclic) bond motifs is 4. The molecule has 3 N–H and O–H groups in total. The second kappa shape index (κ2) is 15.0. The van der Waals surface area contributed by atoms with Gasteiger partial charge in [-0.05, 0) is 91.3 Å². The van der Waals surface area contributed by atoms with Crippen LogP contribution in [-0.4, -0.2) is 84.3 Å². The average Bonchev–Trinajstić information content (AvgIpc) is 3.06. The van der Waals surface area contributed by atoms with Crippen LogP contribution >= 0.6 is 11.6 Å². The maximum Gasteiger partial charge on any atom is 0.301 e. The number of hydrogen-bond acceptors (Lipinski definition) is 8. The van der Waals surface area contributed by atoms with Crippen LogP contribution in [0.4, 0.5) is 5.69 Å². The lowest BCUT2D eigenvalue weighted by Gasteiger charge is -2.47. The van der Waals surface area contributed by atoms with Gasteiger partial charge in [-0.3, -0.25) is 9.59 Å². The van der Waals surface area contributed by atoms with Crippen LogP contribution in [0, 0.1) is 11.8 Å². The number of carbonyl (C=O) groups is 2. The normalized spacial score (nSPS) is 28.6. The molecule has 268 valence electrons. The Morgan fingerprint density at radius 2 is 1.94 bits per heavy atom. The van der Waals surface area contributed by atoms with Crippen molar-refractivity contribution in [3.63, 3.8) is 0 Å². The average molecular weight is 717 g/mol. The van der Waals surface area contributed by atoms with Crippen molar-refractivity contribution in [2.45, 2.75) is 69.0 Å². The fourth-order valence-electron chi connectivity index (χ4n) is 7.67. The van der Waals surface area contributed by atoms with Gasteiger partial charge in [-0.2, -0.15) is 8.42 Å². The minimum absolute atomic E-state index is 0.0757. The first-order chi connectivity index (χ1) is 23.2. The Kier molecular flexibility index (Phi) is 11.3. The van der Waals surface area contributed by atoms with Crippen molar-refractivity contribution < 1.29 is 32.6 Å². The zero-order valence-corrected chi connectivity index (χ0v) is 30.6. The molecule has 0 radical (unpaired) electrons. The minimum Gasteiger partial charge on any atom is -0.495 e. The summed E-state index contributed by atoms with van der Waals surface area (Å²) in [5.41, 5.74) is 0.372. The molecule has 2 aromatic carbocycles. The van der Waals surface area contributed by atoms with Gasteiger partial charge in [0, 0.05) is 51.3 Å². The van der Waals surface area contributed by atoms with E-state index in [-0.39, 0.29) is 28.9 Å². The molecule has 0 aromatic heterocycles. The quantitative estimate of drug-likeness (QED) is 0.365. The van der Waals surface area contributed by atoms with Gasteiger partial charge in [-0.15, -0.1) is 0 Å². The van der Waals surface area contributed by atoms with Crippen molar-refractivity contribution in [1.29, 1.82) is 0 Å². The topological polar surface area (TPSA) is 138 Å². The van der Waals surface area contributed by atoms with E-state index in [0.717, 1.165) is 39.2 Å². The van der Waals surface area contributed by atoms with Crippen molar-refractivity contribution in [2.24, 2.45) is 11.8 Å². The van der Waals surface area contributed by atoms with Crippen LogP contribution in [0.25, 0.3) is 0 Å². The van der Waals surface area contributed by atoms with E-state index in [1.807, 2.05) is 27.7 Å². The molecule has 2 aromatic rings. The number of aliphatic hydroxyl groups is 1. The largest absolute Gasteiger partial charge is 0.495 e. The van der Waals surface area contributed by atoms with Crippen molar-refractivity contribution in [3.05, 3.63) is 70.3 Å². The Bertz CT molecular complexity index is 1690. The number of aryl methyl sites for hydroxylation is 1. The van der Waals surface area contributed by atoms with E-state index < -0.39 is 34.0 Å². The zero-order chi connectivity index (χ0) is 35.6. The van der Waals surface area contributed by atoms with Crippen LogP contribution in [0.2, 0.25) is 5.02 Å². The molecule has 0 unspecified atom stereocenters. The summed E-state index contributed by atoms with van der Waals surface area (Å²) < 4.78 is 40.7. The number of anilines is 1. The van der Waals surface area contributed by atoms with Gasteiger partial charge in [0.1, 0.15) is 5.75 Å². The predicted octanol–water partition coefficient (Wildman–Crippen LogP) is 4.07. The van der Waals surface area contributed by atoms with Crippen molar-refractivity contribution in [1.82, 2.24) is 14.3 Å². The molecule has 11 nitrogen and oxygen atoms in total. The maximum absolute atomic E-state index is 13.7. The molecule has 1 saturated carbocycles. The Morgan fingerprint density at radius 1 is 1.16 bits per heavy atom. The molecule has 49 heavy (non-hydrogen) atoms. The Balaban J connectivity index is 1.66. The van der Waals surface area contributed by atoms with E-state index in [2.05, 4.69) is 24.0 Å². The summed E-state index contributed by atoms with van der Waals surface area (Å²) in [6.45, 7) is 3.84. The van der Waals surface area contributed by atoms with Crippen LogP contribution < -0.4 is 19.1 Å². The van der Waals surface area contributed by atoms with Crippen molar-refractivity contribution in [2.75, 3.05) is 52.8 Å². The van der Waals surface area contributed by atoms with Crippen LogP contribution in [0.1, 0.15) is 62.1 Å². The molecular weight excluding hydrogens is 668 g/mol. The van der Waals surface area contributed by atoms with E-state index in [0.29, 0.717) is 42.5 Å². The first-order valence-electron chi connectivity index (χ1n) is 16.9. The Hall–Kier alpha value is -3.16. The number of amides is 2. The molecule has 1 aliphatic heterocycles. The summed E-state index contributed by atoms with van der Waals surface area (Å²) in [5, 5.41) is 12.9. The highest BCUT2D eigenvalue weighted by molar-refractivity contribution is 7.88. The summed E-state index contributed by atoms with van der Waals surface area (Å²) in [5.74, 6) is -0.695. The molecular formula is C36H49ClN4O7S. The number of carbonyl (C=O) groups excluding carboxylic acids is 2. The highest BCUT2D eigenvalue weighted by Gasteiger charge is 2.45. The molecule has 2 amide bonds. The third-order valence-electron chi connectivity index (χ3n) is 10.7. The lowest BCUT2D eigenvalue weighted by Crippen LogP contribution is -2.51. The fourth-order valence-corrected chi connectivity index (χ4v) is 8.38. The van der Waals surface area contributed by atoms with Crippen LogP contribution in [0.3, 0.4) is 0 Å². The van der Waals surface area contributed by atoms with E-state index in [9.17, 15) is 23.1 Å².